The van der Waals surface area contributed by atoms with Gasteiger partial charge in [-0.1, -0.05) is 11.8 Å². The van der Waals surface area contributed by atoms with E-state index < -0.39 is 20.9 Å². The van der Waals surface area contributed by atoms with E-state index in [1.165, 1.54) is 18.2 Å². The van der Waals surface area contributed by atoms with Crippen LogP contribution < -0.4 is 4.74 Å². The molecule has 0 aromatic heterocycles. The average molecular weight is 319 g/mol. The maximum absolute atomic E-state index is 13.2. The number of benzene rings is 1. The minimum absolute atomic E-state index is 0.0421. The average Bonchev–Trinajstić information content (AvgIpc) is 2.37. The Hall–Kier alpha value is -1.25. The molecule has 0 saturated carbocycles. The quantitative estimate of drug-likeness (QED) is 0.619. The van der Waals surface area contributed by atoms with Crippen LogP contribution in [0, 0.1) is 17.7 Å². The van der Waals surface area contributed by atoms with E-state index in [-0.39, 0.29) is 24.0 Å². The molecule has 0 N–H and O–H groups in total. The van der Waals surface area contributed by atoms with Crippen LogP contribution >= 0.6 is 11.6 Å². The molecule has 1 aromatic rings. The van der Waals surface area contributed by atoms with Crippen LogP contribution in [-0.4, -0.2) is 31.9 Å². The van der Waals surface area contributed by atoms with E-state index in [1.807, 2.05) is 0 Å². The molecule has 1 rings (SSSR count). The predicted octanol–water partition coefficient (Wildman–Crippen LogP) is 2.62. The molecule has 3 nitrogen and oxygen atoms in total. The normalized spacial score (nSPS) is 11.1. The summed E-state index contributed by atoms with van der Waals surface area (Å²) in [6.07, 6.45) is 0. The molecule has 0 fully saturated rings. The smallest absolute Gasteiger partial charge is 0.155 e. The van der Waals surface area contributed by atoms with Gasteiger partial charge in [-0.25, -0.2) is 12.8 Å². The minimum atomic E-state index is -3.18. The molecule has 0 bridgehead atoms. The van der Waals surface area contributed by atoms with E-state index in [9.17, 15) is 12.8 Å². The first-order valence-electron chi connectivity index (χ1n) is 6.05. The van der Waals surface area contributed by atoms with E-state index in [0.717, 1.165) is 0 Å². The molecular formula is C14H16ClFO3S. The predicted molar refractivity (Wildman–Crippen MR) is 78.4 cm³/mol. The summed E-state index contributed by atoms with van der Waals surface area (Å²) >= 11 is 5.47. The van der Waals surface area contributed by atoms with Gasteiger partial charge in [-0.15, -0.1) is 11.6 Å². The lowest BCUT2D eigenvalue weighted by Crippen LogP contribution is -2.22. The standard InChI is InChI=1S/C14H16ClFO3S/c1-11(2)20(17,18)9-8-19-14-10-13(16)6-5-12(14)4-3-7-15/h5-6,10-11H,7-9H2,1-2H3. The Morgan fingerprint density at radius 3 is 2.70 bits per heavy atom. The molecule has 0 atom stereocenters. The Kier molecular flexibility index (Phi) is 6.31. The Balaban J connectivity index is 2.79. The second kappa shape index (κ2) is 7.51. The maximum atomic E-state index is 13.2. The van der Waals surface area contributed by atoms with Gasteiger partial charge in [0.2, 0.25) is 0 Å². The summed E-state index contributed by atoms with van der Waals surface area (Å²) in [5, 5.41) is -0.464. The van der Waals surface area contributed by atoms with Crippen molar-refractivity contribution >= 4 is 21.4 Å². The van der Waals surface area contributed by atoms with Crippen LogP contribution in [-0.2, 0) is 9.84 Å². The van der Waals surface area contributed by atoms with Crippen molar-refractivity contribution in [2.75, 3.05) is 18.2 Å². The molecule has 0 unspecified atom stereocenters. The molecule has 0 aliphatic heterocycles. The highest BCUT2D eigenvalue weighted by molar-refractivity contribution is 7.91. The lowest BCUT2D eigenvalue weighted by Gasteiger charge is -2.10. The number of alkyl halides is 1. The molecule has 0 aliphatic rings. The van der Waals surface area contributed by atoms with Gasteiger partial charge in [-0.2, -0.15) is 0 Å². The number of hydrogen-bond acceptors (Lipinski definition) is 3. The topological polar surface area (TPSA) is 43.4 Å². The Morgan fingerprint density at radius 2 is 2.10 bits per heavy atom. The largest absolute Gasteiger partial charge is 0.491 e. The Bertz CT molecular complexity index is 615. The van der Waals surface area contributed by atoms with Crippen molar-refractivity contribution in [2.24, 2.45) is 0 Å². The third-order valence-electron chi connectivity index (χ3n) is 2.58. The van der Waals surface area contributed by atoms with Crippen molar-refractivity contribution in [2.45, 2.75) is 19.1 Å². The first-order valence-corrected chi connectivity index (χ1v) is 8.30. The van der Waals surface area contributed by atoms with E-state index >= 15 is 0 Å². The first kappa shape index (κ1) is 16.8. The number of halogens is 2. The first-order chi connectivity index (χ1) is 9.36. The van der Waals surface area contributed by atoms with Gasteiger partial charge in [-0.05, 0) is 26.0 Å². The van der Waals surface area contributed by atoms with Crippen LogP contribution in [0.15, 0.2) is 18.2 Å². The van der Waals surface area contributed by atoms with Gasteiger partial charge < -0.3 is 4.74 Å². The van der Waals surface area contributed by atoms with E-state index in [0.29, 0.717) is 5.56 Å². The highest BCUT2D eigenvalue weighted by Crippen LogP contribution is 2.19. The van der Waals surface area contributed by atoms with Crippen LogP contribution in [0.2, 0.25) is 0 Å². The molecule has 20 heavy (non-hydrogen) atoms. The highest BCUT2D eigenvalue weighted by atomic mass is 35.5. The zero-order chi connectivity index (χ0) is 15.2. The second-order valence-corrected chi connectivity index (χ2v) is 7.28. The molecule has 0 amide bonds. The highest BCUT2D eigenvalue weighted by Gasteiger charge is 2.16. The fraction of sp³-hybridized carbons (Fsp3) is 0.429. The second-order valence-electron chi connectivity index (χ2n) is 4.34. The van der Waals surface area contributed by atoms with Crippen LogP contribution in [0.3, 0.4) is 0 Å². The summed E-state index contributed by atoms with van der Waals surface area (Å²) in [6.45, 7) is 3.17. The SMILES string of the molecule is CC(C)S(=O)(=O)CCOc1cc(F)ccc1C#CCCl. The molecule has 0 spiro atoms. The third-order valence-corrected chi connectivity index (χ3v) is 4.88. The summed E-state index contributed by atoms with van der Waals surface area (Å²) in [5.41, 5.74) is 0.481. The molecule has 0 aliphatic carbocycles. The molecule has 6 heteroatoms. The zero-order valence-corrected chi connectivity index (χ0v) is 12.9. The molecule has 0 radical (unpaired) electrons. The van der Waals surface area contributed by atoms with Gasteiger partial charge >= 0.3 is 0 Å². The number of ether oxygens (including phenoxy) is 1. The fourth-order valence-electron chi connectivity index (χ4n) is 1.35. The van der Waals surface area contributed by atoms with Gasteiger partial charge in [0.05, 0.1) is 22.4 Å². The molecule has 110 valence electrons. The van der Waals surface area contributed by atoms with Crippen LogP contribution in [0.5, 0.6) is 5.75 Å². The van der Waals surface area contributed by atoms with Crippen LogP contribution in [0.1, 0.15) is 19.4 Å². The van der Waals surface area contributed by atoms with Crippen molar-refractivity contribution in [1.29, 1.82) is 0 Å². The lowest BCUT2D eigenvalue weighted by molar-refractivity contribution is 0.337. The molecular weight excluding hydrogens is 303 g/mol. The Labute approximate surface area is 124 Å². The van der Waals surface area contributed by atoms with Gasteiger partial charge in [0.25, 0.3) is 0 Å². The van der Waals surface area contributed by atoms with Crippen molar-refractivity contribution in [3.63, 3.8) is 0 Å². The Morgan fingerprint density at radius 1 is 1.40 bits per heavy atom. The number of sulfone groups is 1. The van der Waals surface area contributed by atoms with Gasteiger partial charge in [0, 0.05) is 6.07 Å². The van der Waals surface area contributed by atoms with Crippen molar-refractivity contribution in [3.8, 4) is 17.6 Å². The van der Waals surface area contributed by atoms with Gasteiger partial charge in [0.1, 0.15) is 18.2 Å². The van der Waals surface area contributed by atoms with Crippen LogP contribution in [0.4, 0.5) is 4.39 Å². The lowest BCUT2D eigenvalue weighted by atomic mass is 10.2. The van der Waals surface area contributed by atoms with Crippen molar-refractivity contribution in [1.82, 2.24) is 0 Å². The summed E-state index contributed by atoms with van der Waals surface area (Å²) in [5.74, 6) is 5.17. The van der Waals surface area contributed by atoms with E-state index in [4.69, 9.17) is 16.3 Å². The number of hydrogen-bond donors (Lipinski definition) is 0. The monoisotopic (exact) mass is 318 g/mol. The summed E-state index contributed by atoms with van der Waals surface area (Å²) in [7, 11) is -3.18. The summed E-state index contributed by atoms with van der Waals surface area (Å²) in [6, 6.07) is 3.91. The fourth-order valence-corrected chi connectivity index (χ4v) is 2.20. The maximum Gasteiger partial charge on any atom is 0.155 e. The zero-order valence-electron chi connectivity index (χ0n) is 11.3. The number of rotatable bonds is 5. The van der Waals surface area contributed by atoms with Gasteiger partial charge in [0.15, 0.2) is 9.84 Å². The molecule has 0 saturated heterocycles. The van der Waals surface area contributed by atoms with Crippen molar-refractivity contribution < 1.29 is 17.5 Å². The molecule has 0 heterocycles. The van der Waals surface area contributed by atoms with Crippen LogP contribution in [0.25, 0.3) is 0 Å². The van der Waals surface area contributed by atoms with Gasteiger partial charge in [-0.3, -0.25) is 0 Å². The van der Waals surface area contributed by atoms with Crippen molar-refractivity contribution in [3.05, 3.63) is 29.6 Å². The molecule has 1 aromatic carbocycles. The summed E-state index contributed by atoms with van der Waals surface area (Å²) < 4.78 is 41.8. The summed E-state index contributed by atoms with van der Waals surface area (Å²) in [4.78, 5) is 0. The van der Waals surface area contributed by atoms with E-state index in [1.54, 1.807) is 13.8 Å². The minimum Gasteiger partial charge on any atom is -0.491 e. The third kappa shape index (κ3) is 5.03. The van der Waals surface area contributed by atoms with E-state index in [2.05, 4.69) is 11.8 Å².